The molecule has 1 aromatic rings. The maximum Gasteiger partial charge on any atom is 0.348 e. The number of unbranched alkanes of at least 4 members (excludes halogenated alkanes) is 1. The zero-order chi connectivity index (χ0) is 15.7. The first kappa shape index (κ1) is 18.1. The number of thiophene rings is 1. The van der Waals surface area contributed by atoms with Gasteiger partial charge in [-0.05, 0) is 31.4 Å². The molecule has 2 atom stereocenters. The van der Waals surface area contributed by atoms with Crippen molar-refractivity contribution in [3.05, 3.63) is 21.9 Å². The molecule has 1 rings (SSSR count). The van der Waals surface area contributed by atoms with Gasteiger partial charge in [-0.3, -0.25) is 0 Å². The van der Waals surface area contributed by atoms with E-state index < -0.39 is 18.2 Å². The van der Waals surface area contributed by atoms with E-state index >= 15 is 0 Å². The highest BCUT2D eigenvalue weighted by atomic mass is 32.1. The summed E-state index contributed by atoms with van der Waals surface area (Å²) in [5.41, 5.74) is 0. The van der Waals surface area contributed by atoms with Gasteiger partial charge in [0, 0.05) is 17.9 Å². The van der Waals surface area contributed by atoms with E-state index in [9.17, 15) is 15.0 Å². The van der Waals surface area contributed by atoms with Gasteiger partial charge >= 0.3 is 5.97 Å². The Balaban J connectivity index is 2.34. The molecule has 0 fully saturated rings. The molecule has 0 aromatic carbocycles. The van der Waals surface area contributed by atoms with Crippen molar-refractivity contribution in [3.8, 4) is 0 Å². The number of aryl methyl sites for hydroxylation is 1. The molecule has 2 unspecified atom stereocenters. The lowest BCUT2D eigenvalue weighted by molar-refractivity contribution is 0.00615. The maximum absolute atomic E-state index is 11.8. The fourth-order valence-electron chi connectivity index (χ4n) is 1.86. The molecule has 5 nitrogen and oxygen atoms in total. The summed E-state index contributed by atoms with van der Waals surface area (Å²) >= 11 is 1.42. The van der Waals surface area contributed by atoms with Gasteiger partial charge in [-0.25, -0.2) is 4.79 Å². The number of esters is 1. The smallest absolute Gasteiger partial charge is 0.348 e. The molecular formula is C15H24O5S. The third-order valence-corrected chi connectivity index (χ3v) is 4.18. The lowest BCUT2D eigenvalue weighted by Crippen LogP contribution is -2.24. The Labute approximate surface area is 129 Å². The van der Waals surface area contributed by atoms with Crippen LogP contribution >= 0.6 is 11.3 Å². The Bertz CT molecular complexity index is 418. The van der Waals surface area contributed by atoms with Gasteiger partial charge in [0.2, 0.25) is 0 Å². The van der Waals surface area contributed by atoms with Crippen LogP contribution in [-0.4, -0.2) is 46.7 Å². The Kier molecular flexibility index (Phi) is 8.52. The Morgan fingerprint density at radius 2 is 2.10 bits per heavy atom. The van der Waals surface area contributed by atoms with E-state index in [1.165, 1.54) is 11.3 Å². The number of carbonyl (C=O) groups excluding carboxylic acids is 1. The number of hydrogen-bond acceptors (Lipinski definition) is 6. The monoisotopic (exact) mass is 316 g/mol. The standard InChI is InChI=1S/C15H24O5S/c1-2-3-4-13-5-6-14(21-13)15(19)20-10-12(18)9-11(17)7-8-16/h5-6,11-12,16-18H,2-4,7-10H2,1H3. The Morgan fingerprint density at radius 3 is 2.76 bits per heavy atom. The maximum atomic E-state index is 11.8. The summed E-state index contributed by atoms with van der Waals surface area (Å²) < 4.78 is 5.03. The average molecular weight is 316 g/mol. The molecule has 0 aliphatic rings. The van der Waals surface area contributed by atoms with Gasteiger partial charge in [-0.15, -0.1) is 11.3 Å². The van der Waals surface area contributed by atoms with Gasteiger partial charge in [0.15, 0.2) is 0 Å². The van der Waals surface area contributed by atoms with E-state index in [4.69, 9.17) is 9.84 Å². The van der Waals surface area contributed by atoms with Crippen LogP contribution in [0.3, 0.4) is 0 Å². The van der Waals surface area contributed by atoms with Crippen LogP contribution < -0.4 is 0 Å². The molecule has 0 saturated heterocycles. The molecule has 0 saturated carbocycles. The number of ether oxygens (including phenoxy) is 1. The molecular weight excluding hydrogens is 292 g/mol. The molecule has 0 aliphatic heterocycles. The Morgan fingerprint density at radius 1 is 1.33 bits per heavy atom. The molecule has 0 radical (unpaired) electrons. The van der Waals surface area contributed by atoms with Crippen molar-refractivity contribution in [2.75, 3.05) is 13.2 Å². The molecule has 0 spiro atoms. The molecule has 120 valence electrons. The predicted octanol–water partition coefficient (Wildman–Crippen LogP) is 1.74. The zero-order valence-corrected chi connectivity index (χ0v) is 13.1. The first-order valence-corrected chi connectivity index (χ1v) is 8.11. The molecule has 6 heteroatoms. The summed E-state index contributed by atoms with van der Waals surface area (Å²) in [7, 11) is 0. The van der Waals surface area contributed by atoms with E-state index in [-0.39, 0.29) is 26.1 Å². The molecule has 0 amide bonds. The van der Waals surface area contributed by atoms with Crippen LogP contribution in [0.4, 0.5) is 0 Å². The average Bonchev–Trinajstić information content (AvgIpc) is 2.91. The number of carbonyl (C=O) groups is 1. The van der Waals surface area contributed by atoms with Gasteiger partial charge in [-0.1, -0.05) is 13.3 Å². The van der Waals surface area contributed by atoms with Crippen molar-refractivity contribution in [1.82, 2.24) is 0 Å². The van der Waals surface area contributed by atoms with Crippen LogP contribution in [0.1, 0.15) is 47.2 Å². The van der Waals surface area contributed by atoms with E-state index in [0.29, 0.717) is 4.88 Å². The Hall–Kier alpha value is -0.950. The molecule has 3 N–H and O–H groups in total. The minimum absolute atomic E-state index is 0.0834. The van der Waals surface area contributed by atoms with Gasteiger partial charge in [-0.2, -0.15) is 0 Å². The van der Waals surface area contributed by atoms with Crippen LogP contribution in [-0.2, 0) is 11.2 Å². The number of aliphatic hydroxyl groups is 3. The fraction of sp³-hybridized carbons (Fsp3) is 0.667. The number of hydrogen-bond donors (Lipinski definition) is 3. The normalized spacial score (nSPS) is 13.9. The SMILES string of the molecule is CCCCc1ccc(C(=O)OCC(O)CC(O)CCO)s1. The first-order valence-electron chi connectivity index (χ1n) is 7.29. The highest BCUT2D eigenvalue weighted by Gasteiger charge is 2.16. The minimum atomic E-state index is -0.921. The second kappa shape index (κ2) is 9.89. The minimum Gasteiger partial charge on any atom is -0.459 e. The van der Waals surface area contributed by atoms with Crippen LogP contribution in [0.25, 0.3) is 0 Å². The van der Waals surface area contributed by atoms with Gasteiger partial charge in [0.05, 0.1) is 12.2 Å². The molecule has 0 bridgehead atoms. The van der Waals surface area contributed by atoms with E-state index in [2.05, 4.69) is 6.92 Å². The predicted molar refractivity (Wildman–Crippen MR) is 81.5 cm³/mol. The quantitative estimate of drug-likeness (QED) is 0.572. The zero-order valence-electron chi connectivity index (χ0n) is 12.3. The number of aliphatic hydroxyl groups excluding tert-OH is 3. The molecule has 1 heterocycles. The van der Waals surface area contributed by atoms with E-state index in [0.717, 1.165) is 24.1 Å². The fourth-order valence-corrected chi connectivity index (χ4v) is 2.81. The van der Waals surface area contributed by atoms with Gasteiger partial charge < -0.3 is 20.1 Å². The van der Waals surface area contributed by atoms with Crippen LogP contribution in [0.15, 0.2) is 12.1 Å². The summed E-state index contributed by atoms with van der Waals surface area (Å²) in [6, 6.07) is 3.67. The number of rotatable bonds is 10. The van der Waals surface area contributed by atoms with Crippen molar-refractivity contribution < 1.29 is 24.9 Å². The van der Waals surface area contributed by atoms with E-state index in [1.807, 2.05) is 6.07 Å². The highest BCUT2D eigenvalue weighted by Crippen LogP contribution is 2.19. The topological polar surface area (TPSA) is 87.0 Å². The summed E-state index contributed by atoms with van der Waals surface area (Å²) in [6.07, 6.45) is 1.75. The second-order valence-corrected chi connectivity index (χ2v) is 6.19. The highest BCUT2D eigenvalue weighted by molar-refractivity contribution is 7.13. The summed E-state index contributed by atoms with van der Waals surface area (Å²) in [4.78, 5) is 13.5. The van der Waals surface area contributed by atoms with Crippen molar-refractivity contribution >= 4 is 17.3 Å². The molecule has 1 aromatic heterocycles. The van der Waals surface area contributed by atoms with E-state index in [1.54, 1.807) is 6.07 Å². The molecule has 21 heavy (non-hydrogen) atoms. The largest absolute Gasteiger partial charge is 0.459 e. The van der Waals surface area contributed by atoms with Crippen molar-refractivity contribution in [2.24, 2.45) is 0 Å². The molecule has 0 aliphatic carbocycles. The third-order valence-electron chi connectivity index (χ3n) is 3.05. The summed E-state index contributed by atoms with van der Waals surface area (Å²) in [6.45, 7) is 1.84. The summed E-state index contributed by atoms with van der Waals surface area (Å²) in [5, 5.41) is 27.7. The first-order chi connectivity index (χ1) is 10.1. The van der Waals surface area contributed by atoms with Crippen molar-refractivity contribution in [1.29, 1.82) is 0 Å². The van der Waals surface area contributed by atoms with Crippen molar-refractivity contribution in [2.45, 2.75) is 51.2 Å². The van der Waals surface area contributed by atoms with Gasteiger partial charge in [0.25, 0.3) is 0 Å². The van der Waals surface area contributed by atoms with Crippen LogP contribution in [0, 0.1) is 0 Å². The van der Waals surface area contributed by atoms with Gasteiger partial charge in [0.1, 0.15) is 11.5 Å². The lowest BCUT2D eigenvalue weighted by Gasteiger charge is -2.14. The third kappa shape index (κ3) is 7.04. The van der Waals surface area contributed by atoms with Crippen LogP contribution in [0.2, 0.25) is 0 Å². The van der Waals surface area contributed by atoms with Crippen LogP contribution in [0.5, 0.6) is 0 Å². The van der Waals surface area contributed by atoms with Crippen molar-refractivity contribution in [3.63, 3.8) is 0 Å². The summed E-state index contributed by atoms with van der Waals surface area (Å²) in [5.74, 6) is -0.446. The lowest BCUT2D eigenvalue weighted by atomic mass is 10.1. The second-order valence-electron chi connectivity index (χ2n) is 5.02.